The van der Waals surface area contributed by atoms with Crippen molar-refractivity contribution in [1.82, 2.24) is 0 Å². The zero-order valence-corrected chi connectivity index (χ0v) is 15.4. The molecule has 2 aromatic rings. The van der Waals surface area contributed by atoms with Crippen molar-refractivity contribution < 1.29 is 54.1 Å². The highest BCUT2D eigenvalue weighted by atomic mass is 19.4. The number of hydrogen-bond acceptors (Lipinski definition) is 5. The van der Waals surface area contributed by atoms with E-state index in [0.717, 1.165) is 30.3 Å². The van der Waals surface area contributed by atoms with Gasteiger partial charge in [0.2, 0.25) is 0 Å². The third kappa shape index (κ3) is 10.2. The van der Waals surface area contributed by atoms with Crippen LogP contribution in [0.3, 0.4) is 0 Å². The van der Waals surface area contributed by atoms with Gasteiger partial charge in [-0.2, -0.15) is 0 Å². The number of nitrogens with one attached hydrogen (secondary N) is 1. The van der Waals surface area contributed by atoms with Crippen LogP contribution in [-0.4, -0.2) is 25.4 Å². The largest absolute Gasteiger partial charge is 0.573 e. The van der Waals surface area contributed by atoms with Crippen LogP contribution in [0.4, 0.5) is 51.3 Å². The minimum Gasteiger partial charge on any atom is -0.450 e. The number of alkyl halides is 6. The Balaban J connectivity index is 0.000000327. The van der Waals surface area contributed by atoms with Gasteiger partial charge in [-0.3, -0.25) is 5.32 Å². The Hall–Kier alpha value is -3.45. The van der Waals surface area contributed by atoms with Gasteiger partial charge < -0.3 is 19.9 Å². The number of carbonyl (C=O) groups excluding carboxylic acids is 1. The van der Waals surface area contributed by atoms with Crippen LogP contribution < -0.4 is 20.5 Å². The van der Waals surface area contributed by atoms with Gasteiger partial charge >= 0.3 is 18.8 Å². The lowest BCUT2D eigenvalue weighted by Gasteiger charge is -2.11. The van der Waals surface area contributed by atoms with E-state index in [2.05, 4.69) is 14.2 Å². The molecule has 0 fully saturated rings. The molecule has 6 nitrogen and oxygen atoms in total. The van der Waals surface area contributed by atoms with E-state index in [0.29, 0.717) is 6.07 Å². The van der Waals surface area contributed by atoms with Crippen molar-refractivity contribution in [3.63, 3.8) is 0 Å². The van der Waals surface area contributed by atoms with Gasteiger partial charge in [0.15, 0.2) is 0 Å². The number of nitrogen functional groups attached to an aromatic ring is 1. The highest BCUT2D eigenvalue weighted by molar-refractivity contribution is 5.85. The number of hydrogen-bond donors (Lipinski definition) is 2. The highest BCUT2D eigenvalue weighted by Crippen LogP contribution is 2.27. The first-order valence-electron chi connectivity index (χ1n) is 8.00. The lowest BCUT2D eigenvalue weighted by Crippen LogP contribution is -2.18. The van der Waals surface area contributed by atoms with Gasteiger partial charge in [-0.1, -0.05) is 0 Å². The van der Waals surface area contributed by atoms with Crippen molar-refractivity contribution in [3.8, 4) is 11.5 Å². The molecule has 0 saturated heterocycles. The molecule has 0 spiro atoms. The minimum atomic E-state index is -4.89. The lowest BCUT2D eigenvalue weighted by atomic mass is 10.3. The van der Waals surface area contributed by atoms with Crippen molar-refractivity contribution in [2.45, 2.75) is 19.6 Å². The molecule has 0 aliphatic heterocycles. The number of nitrogens with two attached hydrogens (primary N) is 1. The summed E-state index contributed by atoms with van der Waals surface area (Å²) >= 11 is 0. The summed E-state index contributed by atoms with van der Waals surface area (Å²) in [5, 5.41) is 1.95. The molecule has 0 unspecified atom stereocenters. The van der Waals surface area contributed by atoms with Crippen molar-refractivity contribution >= 4 is 17.5 Å². The zero-order valence-electron chi connectivity index (χ0n) is 15.4. The fourth-order valence-electron chi connectivity index (χ4n) is 1.79. The topological polar surface area (TPSA) is 82.8 Å². The Bertz CT molecular complexity index is 887. The lowest BCUT2D eigenvalue weighted by molar-refractivity contribution is -0.275. The summed E-state index contributed by atoms with van der Waals surface area (Å²) in [5.74, 6) is -2.87. The van der Waals surface area contributed by atoms with Crippen molar-refractivity contribution in [1.29, 1.82) is 0 Å². The third-order valence-electron chi connectivity index (χ3n) is 2.88. The number of ether oxygens (including phenoxy) is 3. The predicted molar refractivity (Wildman–Crippen MR) is 91.2 cm³/mol. The van der Waals surface area contributed by atoms with E-state index < -0.39 is 47.6 Å². The van der Waals surface area contributed by atoms with Crippen LogP contribution in [0.1, 0.15) is 6.92 Å². The highest BCUT2D eigenvalue weighted by Gasteiger charge is 2.32. The number of rotatable bonds is 4. The maximum absolute atomic E-state index is 13.2. The summed E-state index contributed by atoms with van der Waals surface area (Å²) < 4.78 is 108. The van der Waals surface area contributed by atoms with Crippen LogP contribution in [0.5, 0.6) is 11.5 Å². The first-order chi connectivity index (χ1) is 14.2. The van der Waals surface area contributed by atoms with Crippen molar-refractivity contribution in [3.05, 3.63) is 48.0 Å². The second-order valence-corrected chi connectivity index (χ2v) is 5.27. The number of benzene rings is 2. The molecule has 14 heteroatoms. The van der Waals surface area contributed by atoms with Gasteiger partial charge in [0.25, 0.3) is 0 Å². The summed E-state index contributed by atoms with van der Waals surface area (Å²) in [6.07, 6.45) is -10.6. The van der Waals surface area contributed by atoms with E-state index in [1.807, 2.05) is 5.32 Å². The van der Waals surface area contributed by atoms with Gasteiger partial charge in [0, 0.05) is 12.1 Å². The standard InChI is InChI=1S/C10H9F4NO3.C7H5F4NO/c1-2-17-9(16)15-8-5-6(3-4-7(8)11)18-10(12,13)14;8-5-2-1-4(3-6(5)12)13-7(9,10)11/h3-5H,2H2,1H3,(H,15,16);1-3H,12H2. The molecule has 0 radical (unpaired) electrons. The normalized spacial score (nSPS) is 11.1. The smallest absolute Gasteiger partial charge is 0.450 e. The molecule has 0 saturated carbocycles. The Labute approximate surface area is 169 Å². The number of carbonyl (C=O) groups is 1. The molecule has 0 aliphatic rings. The van der Waals surface area contributed by atoms with E-state index in [9.17, 15) is 39.9 Å². The Kier molecular flexibility index (Phi) is 8.70. The molecular weight excluding hydrogens is 448 g/mol. The molecule has 3 N–H and O–H groups in total. The average molecular weight is 462 g/mol. The maximum Gasteiger partial charge on any atom is 0.573 e. The SMILES string of the molecule is CCOC(=O)Nc1cc(OC(F)(F)F)ccc1F.Nc1cc(OC(F)(F)F)ccc1F. The second kappa shape index (κ2) is 10.5. The molecular formula is C17H14F8N2O4. The quantitative estimate of drug-likeness (QED) is 0.457. The third-order valence-corrected chi connectivity index (χ3v) is 2.88. The summed E-state index contributed by atoms with van der Waals surface area (Å²) in [7, 11) is 0. The zero-order chi connectivity index (χ0) is 23.8. The van der Waals surface area contributed by atoms with Crippen LogP contribution in [-0.2, 0) is 4.74 Å². The molecule has 2 rings (SSSR count). The molecule has 31 heavy (non-hydrogen) atoms. The predicted octanol–water partition coefficient (Wildman–Crippen LogP) is 5.60. The molecule has 0 aromatic heterocycles. The van der Waals surface area contributed by atoms with Gasteiger partial charge in [0.05, 0.1) is 18.0 Å². The average Bonchev–Trinajstić information content (AvgIpc) is 2.59. The van der Waals surface area contributed by atoms with Gasteiger partial charge in [-0.15, -0.1) is 26.3 Å². The summed E-state index contributed by atoms with van der Waals surface area (Å²) in [6.45, 7) is 1.57. The van der Waals surface area contributed by atoms with Crippen LogP contribution in [0.15, 0.2) is 36.4 Å². The summed E-state index contributed by atoms with van der Waals surface area (Å²) in [5.41, 5.74) is 4.17. The molecule has 0 heterocycles. The monoisotopic (exact) mass is 462 g/mol. The van der Waals surface area contributed by atoms with Gasteiger partial charge in [-0.05, 0) is 31.2 Å². The molecule has 172 valence electrons. The van der Waals surface area contributed by atoms with Crippen molar-refractivity contribution in [2.24, 2.45) is 0 Å². The Morgan fingerprint density at radius 1 is 0.903 bits per heavy atom. The van der Waals surface area contributed by atoms with E-state index in [1.165, 1.54) is 6.92 Å². The van der Waals surface area contributed by atoms with E-state index >= 15 is 0 Å². The second-order valence-electron chi connectivity index (χ2n) is 5.27. The number of anilines is 2. The van der Waals surface area contributed by atoms with Crippen LogP contribution >= 0.6 is 0 Å². The first-order valence-corrected chi connectivity index (χ1v) is 8.00. The first kappa shape index (κ1) is 25.6. The van der Waals surface area contributed by atoms with E-state index in [4.69, 9.17) is 5.73 Å². The van der Waals surface area contributed by atoms with Crippen LogP contribution in [0, 0.1) is 11.6 Å². The fraction of sp³-hybridized carbons (Fsp3) is 0.235. The summed E-state index contributed by atoms with van der Waals surface area (Å²) in [4.78, 5) is 11.0. The molecule has 2 aromatic carbocycles. The minimum absolute atomic E-state index is 0.0478. The number of amides is 1. The Morgan fingerprint density at radius 2 is 1.39 bits per heavy atom. The van der Waals surface area contributed by atoms with Crippen LogP contribution in [0.25, 0.3) is 0 Å². The summed E-state index contributed by atoms with van der Waals surface area (Å²) in [6, 6.07) is 4.65. The molecule has 0 aliphatic carbocycles. The maximum atomic E-state index is 13.2. The molecule has 0 bridgehead atoms. The van der Waals surface area contributed by atoms with E-state index in [1.54, 1.807) is 0 Å². The van der Waals surface area contributed by atoms with E-state index in [-0.39, 0.29) is 12.3 Å². The van der Waals surface area contributed by atoms with Crippen molar-refractivity contribution in [2.75, 3.05) is 17.7 Å². The fourth-order valence-corrected chi connectivity index (χ4v) is 1.79. The van der Waals surface area contributed by atoms with Crippen LogP contribution in [0.2, 0.25) is 0 Å². The molecule has 1 amide bonds. The van der Waals surface area contributed by atoms with Gasteiger partial charge in [-0.25, -0.2) is 13.6 Å². The Morgan fingerprint density at radius 3 is 1.84 bits per heavy atom. The molecule has 0 atom stereocenters. The number of halogens is 8. The van der Waals surface area contributed by atoms with Gasteiger partial charge in [0.1, 0.15) is 23.1 Å².